The van der Waals surface area contributed by atoms with Crippen molar-refractivity contribution in [2.24, 2.45) is 7.05 Å². The van der Waals surface area contributed by atoms with Gasteiger partial charge in [0.25, 0.3) is 5.91 Å². The zero-order valence-electron chi connectivity index (χ0n) is 19.7. The average molecular weight is 433 g/mol. The summed E-state index contributed by atoms with van der Waals surface area (Å²) in [6.45, 7) is 7.56. The lowest BCUT2D eigenvalue weighted by Crippen LogP contribution is -2.40. The first-order chi connectivity index (χ1) is 15.4. The molecule has 0 aliphatic carbocycles. The maximum Gasteiger partial charge on any atom is 0.272 e. The van der Waals surface area contributed by atoms with Gasteiger partial charge in [0.15, 0.2) is 0 Å². The van der Waals surface area contributed by atoms with Crippen LogP contribution in [0.3, 0.4) is 0 Å². The fraction of sp³-hybridized carbons (Fsp3) is 0.423. The van der Waals surface area contributed by atoms with E-state index in [0.29, 0.717) is 12.2 Å². The molecule has 3 aromatic rings. The van der Waals surface area contributed by atoms with Crippen LogP contribution >= 0.6 is 0 Å². The molecule has 2 aromatic heterocycles. The van der Waals surface area contributed by atoms with Crippen molar-refractivity contribution in [3.8, 4) is 16.9 Å². The molecule has 1 aliphatic heterocycles. The Labute approximate surface area is 190 Å². The number of benzene rings is 1. The summed E-state index contributed by atoms with van der Waals surface area (Å²) >= 11 is 0. The number of carbonyl (C=O) groups excluding carboxylic acids is 1. The number of amides is 1. The predicted molar refractivity (Wildman–Crippen MR) is 126 cm³/mol. The summed E-state index contributed by atoms with van der Waals surface area (Å²) in [7, 11) is 3.55. The number of methoxy groups -OCH3 is 1. The zero-order valence-corrected chi connectivity index (χ0v) is 19.7. The fourth-order valence-electron chi connectivity index (χ4n) is 4.75. The van der Waals surface area contributed by atoms with Crippen LogP contribution in [0.5, 0.6) is 5.75 Å². The normalized spacial score (nSPS) is 16.3. The maximum absolute atomic E-state index is 13.4. The first kappa shape index (κ1) is 22.1. The summed E-state index contributed by atoms with van der Waals surface area (Å²) < 4.78 is 7.14. The number of rotatable bonds is 5. The lowest BCUT2D eigenvalue weighted by atomic mass is 9.92. The van der Waals surface area contributed by atoms with Gasteiger partial charge in [-0.15, -0.1) is 0 Å². The highest BCUT2D eigenvalue weighted by Crippen LogP contribution is 2.31. The Balaban J connectivity index is 1.60. The van der Waals surface area contributed by atoms with Gasteiger partial charge in [0.2, 0.25) is 0 Å². The first-order valence-electron chi connectivity index (χ1n) is 11.4. The fourth-order valence-corrected chi connectivity index (χ4v) is 4.75. The number of carbonyl (C=O) groups is 1. The lowest BCUT2D eigenvalue weighted by Gasteiger charge is -2.33. The summed E-state index contributed by atoms with van der Waals surface area (Å²) in [5.74, 6) is 1.13. The van der Waals surface area contributed by atoms with Crippen molar-refractivity contribution in [1.29, 1.82) is 0 Å². The third-order valence-corrected chi connectivity index (χ3v) is 6.42. The van der Waals surface area contributed by atoms with Crippen LogP contribution in [0, 0.1) is 13.8 Å². The molecule has 0 radical (unpaired) electrons. The average Bonchev–Trinajstić information content (AvgIpc) is 3.11. The molecule has 4 rings (SSSR count). The van der Waals surface area contributed by atoms with E-state index in [-0.39, 0.29) is 11.8 Å². The van der Waals surface area contributed by atoms with Gasteiger partial charge in [0.05, 0.1) is 12.8 Å². The highest BCUT2D eigenvalue weighted by atomic mass is 16.5. The molecule has 1 unspecified atom stereocenters. The van der Waals surface area contributed by atoms with Crippen molar-refractivity contribution in [3.63, 3.8) is 0 Å². The molecule has 0 spiro atoms. The van der Waals surface area contributed by atoms with Gasteiger partial charge in [-0.3, -0.25) is 14.5 Å². The third kappa shape index (κ3) is 4.27. The Bertz CT molecular complexity index is 1130. The van der Waals surface area contributed by atoms with Crippen molar-refractivity contribution < 1.29 is 9.53 Å². The summed E-state index contributed by atoms with van der Waals surface area (Å²) in [5, 5.41) is 4.54. The molecule has 32 heavy (non-hydrogen) atoms. The Kier molecular flexibility index (Phi) is 6.31. The van der Waals surface area contributed by atoms with Gasteiger partial charge in [-0.2, -0.15) is 5.10 Å². The standard InChI is InChI=1S/C26H32N4O2/c1-6-23-18(3)25(29(4)28-23)26(31)30-12-8-10-20(16-30)24-15-21(13-17(2)27-24)19-9-7-11-22(14-19)32-5/h7,9,11,13-15,20H,6,8,10,12,16H2,1-5H3. The first-order valence-corrected chi connectivity index (χ1v) is 11.4. The molecule has 1 saturated heterocycles. The van der Waals surface area contributed by atoms with Crippen molar-refractivity contribution >= 4 is 5.91 Å². The minimum atomic E-state index is 0.0718. The molecule has 0 bridgehead atoms. The Morgan fingerprint density at radius 3 is 2.72 bits per heavy atom. The number of nitrogens with zero attached hydrogens (tertiary/aromatic N) is 4. The Hall–Kier alpha value is -3.15. The van der Waals surface area contributed by atoms with Gasteiger partial charge in [0, 0.05) is 43.0 Å². The van der Waals surface area contributed by atoms with E-state index in [1.807, 2.05) is 44.0 Å². The van der Waals surface area contributed by atoms with Gasteiger partial charge < -0.3 is 9.64 Å². The number of aryl methyl sites for hydroxylation is 3. The molecular weight excluding hydrogens is 400 g/mol. The molecule has 1 aromatic carbocycles. The van der Waals surface area contributed by atoms with Gasteiger partial charge in [-0.25, -0.2) is 0 Å². The van der Waals surface area contributed by atoms with E-state index in [1.165, 1.54) is 0 Å². The number of hydrogen-bond donors (Lipinski definition) is 0. The Morgan fingerprint density at radius 1 is 1.19 bits per heavy atom. The lowest BCUT2D eigenvalue weighted by molar-refractivity contribution is 0.0694. The van der Waals surface area contributed by atoms with Crippen molar-refractivity contribution in [2.45, 2.75) is 46.0 Å². The largest absolute Gasteiger partial charge is 0.497 e. The van der Waals surface area contributed by atoms with Crippen LogP contribution in [0.2, 0.25) is 0 Å². The molecule has 168 valence electrons. The molecule has 3 heterocycles. The molecule has 1 fully saturated rings. The molecule has 1 aliphatic rings. The molecule has 1 amide bonds. The van der Waals surface area contributed by atoms with Crippen LogP contribution in [0.15, 0.2) is 36.4 Å². The second kappa shape index (κ2) is 9.15. The van der Waals surface area contributed by atoms with Gasteiger partial charge in [-0.05, 0) is 68.5 Å². The van der Waals surface area contributed by atoms with Crippen LogP contribution < -0.4 is 4.74 Å². The Morgan fingerprint density at radius 2 is 2.00 bits per heavy atom. The number of ether oxygens (including phenoxy) is 1. The maximum atomic E-state index is 13.4. The summed E-state index contributed by atoms with van der Waals surface area (Å²) in [5.41, 5.74) is 6.97. The molecule has 0 N–H and O–H groups in total. The summed E-state index contributed by atoms with van der Waals surface area (Å²) in [6.07, 6.45) is 2.83. The smallest absolute Gasteiger partial charge is 0.272 e. The van der Waals surface area contributed by atoms with Crippen LogP contribution in [-0.2, 0) is 13.5 Å². The van der Waals surface area contributed by atoms with E-state index < -0.39 is 0 Å². The van der Waals surface area contributed by atoms with Crippen LogP contribution in [0.1, 0.15) is 58.8 Å². The third-order valence-electron chi connectivity index (χ3n) is 6.42. The van der Waals surface area contributed by atoms with E-state index in [9.17, 15) is 4.79 Å². The number of aromatic nitrogens is 3. The van der Waals surface area contributed by atoms with Crippen LogP contribution in [0.4, 0.5) is 0 Å². The minimum absolute atomic E-state index is 0.0718. The van der Waals surface area contributed by atoms with Gasteiger partial charge in [0.1, 0.15) is 11.4 Å². The number of hydrogen-bond acceptors (Lipinski definition) is 4. The van der Waals surface area contributed by atoms with Gasteiger partial charge in [-0.1, -0.05) is 19.1 Å². The van der Waals surface area contributed by atoms with E-state index >= 15 is 0 Å². The van der Waals surface area contributed by atoms with E-state index in [4.69, 9.17) is 9.72 Å². The molecular formula is C26H32N4O2. The van der Waals surface area contributed by atoms with Crippen molar-refractivity contribution in [2.75, 3.05) is 20.2 Å². The molecule has 1 atom stereocenters. The van der Waals surface area contributed by atoms with Crippen LogP contribution in [-0.4, -0.2) is 45.8 Å². The predicted octanol–water partition coefficient (Wildman–Crippen LogP) is 4.69. The summed E-state index contributed by atoms with van der Waals surface area (Å²) in [4.78, 5) is 20.2. The highest BCUT2D eigenvalue weighted by molar-refractivity contribution is 5.94. The molecule has 6 nitrogen and oxygen atoms in total. The molecule has 0 saturated carbocycles. The van der Waals surface area contributed by atoms with E-state index in [2.05, 4.69) is 30.2 Å². The van der Waals surface area contributed by atoms with E-state index in [1.54, 1.807) is 11.8 Å². The number of pyridine rings is 1. The number of piperidine rings is 1. The van der Waals surface area contributed by atoms with Crippen molar-refractivity contribution in [1.82, 2.24) is 19.7 Å². The second-order valence-corrected chi connectivity index (χ2v) is 8.64. The minimum Gasteiger partial charge on any atom is -0.497 e. The highest BCUT2D eigenvalue weighted by Gasteiger charge is 2.29. The summed E-state index contributed by atoms with van der Waals surface area (Å²) in [6, 6.07) is 12.4. The van der Waals surface area contributed by atoms with Crippen molar-refractivity contribution in [3.05, 3.63) is 64.7 Å². The zero-order chi connectivity index (χ0) is 22.8. The quantitative estimate of drug-likeness (QED) is 0.587. The molecule has 6 heteroatoms. The van der Waals surface area contributed by atoms with E-state index in [0.717, 1.165) is 65.3 Å². The van der Waals surface area contributed by atoms with Crippen LogP contribution in [0.25, 0.3) is 11.1 Å². The second-order valence-electron chi connectivity index (χ2n) is 8.64. The SMILES string of the molecule is CCc1nn(C)c(C(=O)N2CCCC(c3cc(-c4cccc(OC)c4)cc(C)n3)C2)c1C. The van der Waals surface area contributed by atoms with Gasteiger partial charge >= 0.3 is 0 Å². The topological polar surface area (TPSA) is 60.2 Å². The monoisotopic (exact) mass is 432 g/mol. The number of likely N-dealkylation sites (tertiary alicyclic amines) is 1.